The number of anilines is 1. The van der Waals surface area contributed by atoms with Gasteiger partial charge in [0.25, 0.3) is 0 Å². The summed E-state index contributed by atoms with van der Waals surface area (Å²) in [6.45, 7) is 7.80. The van der Waals surface area contributed by atoms with Gasteiger partial charge in [-0.1, -0.05) is 26.7 Å². The number of nitrogens with one attached hydrogen (secondary N) is 2. The van der Waals surface area contributed by atoms with Gasteiger partial charge >= 0.3 is 6.18 Å². The van der Waals surface area contributed by atoms with Crippen LogP contribution in [0.15, 0.2) is 23.1 Å². The van der Waals surface area contributed by atoms with Crippen LogP contribution in [0.5, 0.6) is 0 Å². The van der Waals surface area contributed by atoms with Crippen molar-refractivity contribution in [1.29, 1.82) is 0 Å². The molecule has 2 heterocycles. The summed E-state index contributed by atoms with van der Waals surface area (Å²) in [5.74, 6) is -0.255. The van der Waals surface area contributed by atoms with Crippen LogP contribution in [-0.2, 0) is 20.5 Å². The van der Waals surface area contributed by atoms with Gasteiger partial charge in [0.15, 0.2) is 0 Å². The van der Waals surface area contributed by atoms with Gasteiger partial charge in [0.1, 0.15) is 0 Å². The Morgan fingerprint density at radius 1 is 1.28 bits per heavy atom. The van der Waals surface area contributed by atoms with Crippen molar-refractivity contribution < 1.29 is 27.5 Å². The molecule has 0 unspecified atom stereocenters. The lowest BCUT2D eigenvalue weighted by Gasteiger charge is -2.39. The summed E-state index contributed by atoms with van der Waals surface area (Å²) in [4.78, 5) is 28.0. The Bertz CT molecular complexity index is 811. The van der Waals surface area contributed by atoms with E-state index in [2.05, 4.69) is 29.4 Å². The maximum absolute atomic E-state index is 12.9. The summed E-state index contributed by atoms with van der Waals surface area (Å²) >= 11 is 1.12. The maximum atomic E-state index is 12.9. The fourth-order valence-corrected chi connectivity index (χ4v) is 5.35. The smallest absolute Gasteiger partial charge is 0.379 e. The number of alkyl halides is 3. The molecule has 10 heteroatoms. The number of carbonyl (C=O) groups excluding carboxylic acids is 2. The van der Waals surface area contributed by atoms with Crippen LogP contribution in [-0.4, -0.2) is 60.9 Å². The van der Waals surface area contributed by atoms with Crippen LogP contribution in [0, 0.1) is 5.92 Å². The largest absolute Gasteiger partial charge is 0.416 e. The van der Waals surface area contributed by atoms with Crippen molar-refractivity contribution in [2.24, 2.45) is 5.92 Å². The van der Waals surface area contributed by atoms with Crippen molar-refractivity contribution in [3.63, 3.8) is 0 Å². The van der Waals surface area contributed by atoms with Crippen LogP contribution in [0.3, 0.4) is 0 Å². The molecule has 2 aliphatic heterocycles. The number of thioether (sulfide) groups is 1. The van der Waals surface area contributed by atoms with Crippen molar-refractivity contribution in [3.05, 3.63) is 23.8 Å². The van der Waals surface area contributed by atoms with Crippen LogP contribution in [0.25, 0.3) is 0 Å². The molecule has 2 atom stereocenters. The molecule has 0 radical (unpaired) electrons. The normalized spacial score (nSPS) is 20.6. The third-order valence-electron chi connectivity index (χ3n) is 6.11. The van der Waals surface area contributed by atoms with Crippen LogP contribution in [0.4, 0.5) is 18.9 Å². The number of halogens is 3. The third kappa shape index (κ3) is 6.17. The van der Waals surface area contributed by atoms with E-state index >= 15 is 0 Å². The maximum Gasteiger partial charge on any atom is 0.416 e. The first-order chi connectivity index (χ1) is 15.2. The van der Waals surface area contributed by atoms with E-state index in [0.717, 1.165) is 49.8 Å². The van der Waals surface area contributed by atoms with Crippen molar-refractivity contribution in [1.82, 2.24) is 10.2 Å². The van der Waals surface area contributed by atoms with Crippen LogP contribution < -0.4 is 10.6 Å². The standard InChI is InChI=1S/C22H30F3N3O3S/c1-3-14(4-2)17(28-7-9-31-10-8-28)13-26-20(29)12-19-21(30)27-16-11-15(22(23,24)25)5-6-18(16)32-19/h5-6,11,14,17,19H,3-4,7-10,12-13H2,1-2H3,(H,26,29)(H,27,30)/t17-,19+/m1/s1. The lowest BCUT2D eigenvalue weighted by molar-refractivity contribution is -0.137. The highest BCUT2D eigenvalue weighted by atomic mass is 32.2. The Morgan fingerprint density at radius 2 is 1.97 bits per heavy atom. The fourth-order valence-electron chi connectivity index (χ4n) is 4.26. The van der Waals surface area contributed by atoms with E-state index < -0.39 is 22.9 Å². The SMILES string of the molecule is CCC(CC)[C@@H](CNC(=O)C[C@@H]1Sc2ccc(C(F)(F)F)cc2NC1=O)N1CCOCC1. The van der Waals surface area contributed by atoms with E-state index in [-0.39, 0.29) is 24.1 Å². The lowest BCUT2D eigenvalue weighted by atomic mass is 9.92. The summed E-state index contributed by atoms with van der Waals surface area (Å²) in [5, 5.41) is 4.82. The second-order valence-corrected chi connectivity index (χ2v) is 9.35. The Morgan fingerprint density at radius 3 is 2.59 bits per heavy atom. The quantitative estimate of drug-likeness (QED) is 0.602. The number of fused-ring (bicyclic) bond motifs is 1. The van der Waals surface area contributed by atoms with Crippen LogP contribution in [0.2, 0.25) is 0 Å². The van der Waals surface area contributed by atoms with E-state index in [0.29, 0.717) is 30.6 Å². The number of hydrogen-bond acceptors (Lipinski definition) is 5. The molecule has 0 aliphatic carbocycles. The number of rotatable bonds is 8. The molecule has 0 aromatic heterocycles. The minimum Gasteiger partial charge on any atom is -0.379 e. The predicted octanol–water partition coefficient (Wildman–Crippen LogP) is 3.76. The molecule has 2 aliphatic rings. The first-order valence-corrected chi connectivity index (χ1v) is 11.9. The van der Waals surface area contributed by atoms with Gasteiger partial charge in [-0.05, 0) is 24.1 Å². The molecular formula is C22H30F3N3O3S. The average molecular weight is 474 g/mol. The van der Waals surface area contributed by atoms with E-state index in [9.17, 15) is 22.8 Å². The van der Waals surface area contributed by atoms with Gasteiger partial charge in [-0.2, -0.15) is 13.2 Å². The van der Waals surface area contributed by atoms with E-state index in [1.807, 2.05) is 0 Å². The molecule has 32 heavy (non-hydrogen) atoms. The van der Waals surface area contributed by atoms with Gasteiger partial charge in [0, 0.05) is 37.0 Å². The first kappa shape index (κ1) is 24.9. The summed E-state index contributed by atoms with van der Waals surface area (Å²) in [6, 6.07) is 3.46. The third-order valence-corrected chi connectivity index (χ3v) is 7.39. The molecule has 1 fully saturated rings. The van der Waals surface area contributed by atoms with Gasteiger partial charge in [0.05, 0.1) is 29.7 Å². The molecule has 1 aromatic rings. The number of hydrogen-bond donors (Lipinski definition) is 2. The number of carbonyl (C=O) groups is 2. The minimum atomic E-state index is -4.48. The Kier molecular flexibility index (Phi) is 8.46. The highest BCUT2D eigenvalue weighted by Gasteiger charge is 2.34. The zero-order chi connectivity index (χ0) is 23.3. The average Bonchev–Trinajstić information content (AvgIpc) is 2.76. The molecule has 0 bridgehead atoms. The molecule has 1 aromatic carbocycles. The summed E-state index contributed by atoms with van der Waals surface area (Å²) in [7, 11) is 0. The molecule has 2 N–H and O–H groups in total. The molecule has 0 spiro atoms. The van der Waals surface area contributed by atoms with E-state index in [1.54, 1.807) is 0 Å². The molecule has 0 saturated carbocycles. The topological polar surface area (TPSA) is 70.7 Å². The van der Waals surface area contributed by atoms with Gasteiger partial charge < -0.3 is 15.4 Å². The van der Waals surface area contributed by atoms with E-state index in [4.69, 9.17) is 4.74 Å². The molecule has 178 valence electrons. The lowest BCUT2D eigenvalue weighted by Crippen LogP contribution is -2.52. The number of ether oxygens (including phenoxy) is 1. The van der Waals surface area contributed by atoms with E-state index in [1.165, 1.54) is 6.07 Å². The van der Waals surface area contributed by atoms with Crippen molar-refractivity contribution in [2.75, 3.05) is 38.2 Å². The number of benzene rings is 1. The second kappa shape index (κ2) is 10.9. The van der Waals surface area contributed by atoms with Crippen molar-refractivity contribution >= 4 is 29.3 Å². The number of amides is 2. The summed E-state index contributed by atoms with van der Waals surface area (Å²) in [5.41, 5.74) is -0.684. The van der Waals surface area contributed by atoms with Gasteiger partial charge in [-0.15, -0.1) is 11.8 Å². The van der Waals surface area contributed by atoms with Gasteiger partial charge in [-0.3, -0.25) is 14.5 Å². The monoisotopic (exact) mass is 473 g/mol. The Labute approximate surface area is 190 Å². The Balaban J connectivity index is 1.59. The first-order valence-electron chi connectivity index (χ1n) is 11.0. The number of nitrogens with zero attached hydrogens (tertiary/aromatic N) is 1. The van der Waals surface area contributed by atoms with Gasteiger partial charge in [0.2, 0.25) is 11.8 Å². The zero-order valence-electron chi connectivity index (χ0n) is 18.3. The molecular weight excluding hydrogens is 443 g/mol. The Hall–Kier alpha value is -1.78. The predicted molar refractivity (Wildman–Crippen MR) is 118 cm³/mol. The summed E-state index contributed by atoms with van der Waals surface area (Å²) in [6.07, 6.45) is -2.50. The highest BCUT2D eigenvalue weighted by molar-refractivity contribution is 8.01. The molecule has 6 nitrogen and oxygen atoms in total. The van der Waals surface area contributed by atoms with Crippen LogP contribution >= 0.6 is 11.8 Å². The molecule has 3 rings (SSSR count). The fraction of sp³-hybridized carbons (Fsp3) is 0.636. The minimum absolute atomic E-state index is 0.0320. The second-order valence-electron chi connectivity index (χ2n) is 8.10. The van der Waals surface area contributed by atoms with Crippen molar-refractivity contribution in [3.8, 4) is 0 Å². The van der Waals surface area contributed by atoms with Crippen molar-refractivity contribution in [2.45, 2.75) is 55.5 Å². The number of morpholine rings is 1. The van der Waals surface area contributed by atoms with Crippen LogP contribution in [0.1, 0.15) is 38.7 Å². The zero-order valence-corrected chi connectivity index (χ0v) is 19.2. The summed E-state index contributed by atoms with van der Waals surface area (Å²) < 4.78 is 44.2. The highest BCUT2D eigenvalue weighted by Crippen LogP contribution is 2.40. The van der Waals surface area contributed by atoms with Gasteiger partial charge in [-0.25, -0.2) is 0 Å². The molecule has 1 saturated heterocycles. The molecule has 2 amide bonds.